The molecule has 2 aromatic rings. The van der Waals surface area contributed by atoms with E-state index in [-0.39, 0.29) is 0 Å². The number of para-hydroxylation sites is 1. The molecule has 130 valence electrons. The molecule has 6 nitrogen and oxygen atoms in total. The number of hydrogen-bond donors (Lipinski definition) is 0. The van der Waals surface area contributed by atoms with E-state index in [2.05, 4.69) is 4.74 Å². The summed E-state index contributed by atoms with van der Waals surface area (Å²) in [5.74, 6) is 1.02. The molecule has 0 fully saturated rings. The molecule has 0 bridgehead atoms. The first-order valence-corrected chi connectivity index (χ1v) is 8.05. The smallest absolute Gasteiger partial charge is 0.340 e. The van der Waals surface area contributed by atoms with Crippen LogP contribution in [0.1, 0.15) is 32.1 Å². The van der Waals surface area contributed by atoms with Crippen LogP contribution in [0.15, 0.2) is 33.5 Å². The van der Waals surface area contributed by atoms with Gasteiger partial charge in [-0.15, -0.1) is 0 Å². The van der Waals surface area contributed by atoms with Gasteiger partial charge in [0.2, 0.25) is 0 Å². The molecule has 0 aliphatic carbocycles. The van der Waals surface area contributed by atoms with Crippen LogP contribution in [0.3, 0.4) is 0 Å². The summed E-state index contributed by atoms with van der Waals surface area (Å²) in [7, 11) is 1.53. The molecule has 1 aromatic carbocycles. The lowest BCUT2D eigenvalue weighted by Gasteiger charge is -2.10. The Balaban J connectivity index is 1.85. The standard InChI is InChI=1S/C18H22O6/c1-21-15-9-7-8-14-16(12-17(20)24-18(14)15)23-11-6-4-2-3-5-10-22-13-19/h7-9,12-13H,2-6,10-11H2,1H3. The molecule has 0 saturated carbocycles. The van der Waals surface area contributed by atoms with Gasteiger partial charge in [0, 0.05) is 0 Å². The zero-order valence-corrected chi connectivity index (χ0v) is 13.8. The van der Waals surface area contributed by atoms with Crippen molar-refractivity contribution in [2.24, 2.45) is 0 Å². The highest BCUT2D eigenvalue weighted by atomic mass is 16.5. The van der Waals surface area contributed by atoms with E-state index in [1.165, 1.54) is 13.2 Å². The number of carbonyl (C=O) groups is 1. The summed E-state index contributed by atoms with van der Waals surface area (Å²) >= 11 is 0. The van der Waals surface area contributed by atoms with E-state index >= 15 is 0 Å². The summed E-state index contributed by atoms with van der Waals surface area (Å²) in [6, 6.07) is 6.76. The third-order valence-electron chi connectivity index (χ3n) is 3.65. The number of rotatable bonds is 11. The fourth-order valence-corrected chi connectivity index (χ4v) is 2.46. The Bertz CT molecular complexity index is 706. The van der Waals surface area contributed by atoms with Gasteiger partial charge in [0.25, 0.3) is 6.47 Å². The van der Waals surface area contributed by atoms with Crippen LogP contribution in [0.2, 0.25) is 0 Å². The van der Waals surface area contributed by atoms with E-state index in [1.807, 2.05) is 12.1 Å². The van der Waals surface area contributed by atoms with Crippen LogP contribution in [-0.4, -0.2) is 26.8 Å². The van der Waals surface area contributed by atoms with Crippen LogP contribution in [0, 0.1) is 0 Å². The van der Waals surface area contributed by atoms with Crippen molar-refractivity contribution in [2.45, 2.75) is 32.1 Å². The average Bonchev–Trinajstić information content (AvgIpc) is 2.59. The summed E-state index contributed by atoms with van der Waals surface area (Å²) < 4.78 is 20.8. The highest BCUT2D eigenvalue weighted by Gasteiger charge is 2.10. The first-order valence-electron chi connectivity index (χ1n) is 8.05. The van der Waals surface area contributed by atoms with E-state index in [4.69, 9.17) is 13.9 Å². The molecule has 0 saturated heterocycles. The quantitative estimate of drug-likeness (QED) is 0.356. The molecule has 0 aliphatic heterocycles. The molecule has 6 heteroatoms. The number of fused-ring (bicyclic) bond motifs is 1. The molecule has 0 aliphatic rings. The molecule has 1 aromatic heterocycles. The monoisotopic (exact) mass is 334 g/mol. The van der Waals surface area contributed by atoms with Crippen molar-refractivity contribution in [2.75, 3.05) is 20.3 Å². The lowest BCUT2D eigenvalue weighted by atomic mass is 10.1. The number of carbonyl (C=O) groups excluding carboxylic acids is 1. The van der Waals surface area contributed by atoms with E-state index in [9.17, 15) is 9.59 Å². The Morgan fingerprint density at radius 2 is 1.79 bits per heavy atom. The average molecular weight is 334 g/mol. The van der Waals surface area contributed by atoms with Gasteiger partial charge in [-0.3, -0.25) is 4.79 Å². The Hall–Kier alpha value is -2.50. The Labute approximate surface area is 140 Å². The largest absolute Gasteiger partial charge is 0.493 e. The lowest BCUT2D eigenvalue weighted by Crippen LogP contribution is -2.04. The number of hydrogen-bond acceptors (Lipinski definition) is 6. The first-order chi connectivity index (χ1) is 11.8. The third-order valence-corrected chi connectivity index (χ3v) is 3.65. The molecule has 1 heterocycles. The normalized spacial score (nSPS) is 10.5. The molecule has 0 radical (unpaired) electrons. The zero-order valence-electron chi connectivity index (χ0n) is 13.8. The maximum Gasteiger partial charge on any atom is 0.340 e. The molecular weight excluding hydrogens is 312 g/mol. The van der Waals surface area contributed by atoms with Crippen LogP contribution in [-0.2, 0) is 9.53 Å². The van der Waals surface area contributed by atoms with Crippen LogP contribution in [0.5, 0.6) is 11.5 Å². The Morgan fingerprint density at radius 3 is 2.54 bits per heavy atom. The van der Waals surface area contributed by atoms with Gasteiger partial charge in [0.15, 0.2) is 11.3 Å². The van der Waals surface area contributed by atoms with Crippen molar-refractivity contribution < 1.29 is 23.4 Å². The number of ether oxygens (including phenoxy) is 3. The van der Waals surface area contributed by atoms with E-state index in [0.717, 1.165) is 37.5 Å². The van der Waals surface area contributed by atoms with Crippen molar-refractivity contribution >= 4 is 17.4 Å². The van der Waals surface area contributed by atoms with Gasteiger partial charge < -0.3 is 18.6 Å². The highest BCUT2D eigenvalue weighted by molar-refractivity contribution is 5.87. The van der Waals surface area contributed by atoms with Crippen molar-refractivity contribution in [3.8, 4) is 11.5 Å². The number of benzene rings is 1. The van der Waals surface area contributed by atoms with Crippen LogP contribution < -0.4 is 15.1 Å². The summed E-state index contributed by atoms with van der Waals surface area (Å²) in [6.07, 6.45) is 4.85. The summed E-state index contributed by atoms with van der Waals surface area (Å²) in [5.41, 5.74) is -0.0603. The van der Waals surface area contributed by atoms with Gasteiger partial charge >= 0.3 is 5.63 Å². The van der Waals surface area contributed by atoms with Crippen LogP contribution in [0.25, 0.3) is 11.0 Å². The first kappa shape index (κ1) is 17.8. The predicted octanol–water partition coefficient (Wildman–Crippen LogP) is 3.30. The van der Waals surface area contributed by atoms with Crippen molar-refractivity contribution in [1.82, 2.24) is 0 Å². The molecular formula is C18H22O6. The second-order valence-corrected chi connectivity index (χ2v) is 5.35. The van der Waals surface area contributed by atoms with E-state index in [0.29, 0.717) is 36.8 Å². The van der Waals surface area contributed by atoms with Gasteiger partial charge in [0.05, 0.1) is 31.8 Å². The van der Waals surface area contributed by atoms with Gasteiger partial charge in [-0.1, -0.05) is 25.3 Å². The van der Waals surface area contributed by atoms with Gasteiger partial charge in [-0.05, 0) is 25.0 Å². The van der Waals surface area contributed by atoms with Crippen molar-refractivity contribution in [1.29, 1.82) is 0 Å². The topological polar surface area (TPSA) is 75.0 Å². The predicted molar refractivity (Wildman–Crippen MR) is 89.6 cm³/mol. The van der Waals surface area contributed by atoms with Crippen molar-refractivity contribution in [3.63, 3.8) is 0 Å². The molecule has 0 atom stereocenters. The maximum atomic E-state index is 11.7. The molecule has 0 spiro atoms. The lowest BCUT2D eigenvalue weighted by molar-refractivity contribution is -0.128. The second kappa shape index (κ2) is 9.60. The molecule has 2 rings (SSSR count). The summed E-state index contributed by atoms with van der Waals surface area (Å²) in [4.78, 5) is 21.7. The fourth-order valence-electron chi connectivity index (χ4n) is 2.46. The number of methoxy groups -OCH3 is 1. The minimum absolute atomic E-state index is 0.401. The fraction of sp³-hybridized carbons (Fsp3) is 0.444. The Kier molecular flexibility index (Phi) is 7.14. The Morgan fingerprint density at radius 1 is 1.04 bits per heavy atom. The van der Waals surface area contributed by atoms with Gasteiger partial charge in [-0.2, -0.15) is 0 Å². The minimum Gasteiger partial charge on any atom is -0.493 e. The van der Waals surface area contributed by atoms with Crippen LogP contribution >= 0.6 is 0 Å². The SMILES string of the molecule is COc1cccc2c(OCCCCCCCOC=O)cc(=O)oc12. The van der Waals surface area contributed by atoms with Crippen LogP contribution in [0.4, 0.5) is 0 Å². The second-order valence-electron chi connectivity index (χ2n) is 5.35. The molecule has 0 unspecified atom stereocenters. The van der Waals surface area contributed by atoms with E-state index in [1.54, 1.807) is 6.07 Å². The summed E-state index contributed by atoms with van der Waals surface area (Å²) in [5, 5.41) is 0.722. The minimum atomic E-state index is -0.461. The highest BCUT2D eigenvalue weighted by Crippen LogP contribution is 2.30. The maximum absolute atomic E-state index is 11.7. The summed E-state index contributed by atoms with van der Waals surface area (Å²) in [6.45, 7) is 1.48. The number of unbranched alkanes of at least 4 members (excludes halogenated alkanes) is 4. The third kappa shape index (κ3) is 5.01. The van der Waals surface area contributed by atoms with E-state index < -0.39 is 5.63 Å². The zero-order chi connectivity index (χ0) is 17.2. The van der Waals surface area contributed by atoms with Gasteiger partial charge in [0.1, 0.15) is 5.75 Å². The van der Waals surface area contributed by atoms with Gasteiger partial charge in [-0.25, -0.2) is 4.79 Å². The molecule has 0 N–H and O–H groups in total. The van der Waals surface area contributed by atoms with Crippen molar-refractivity contribution in [3.05, 3.63) is 34.7 Å². The molecule has 0 amide bonds. The molecule has 24 heavy (non-hydrogen) atoms.